The summed E-state index contributed by atoms with van der Waals surface area (Å²) in [5.41, 5.74) is 0.358. The van der Waals surface area contributed by atoms with E-state index in [-0.39, 0.29) is 17.3 Å². The maximum atomic E-state index is 11.3. The normalized spacial score (nSPS) is 15.8. The van der Waals surface area contributed by atoms with Crippen LogP contribution < -0.4 is 5.32 Å². The Balaban J connectivity index is 2.87. The fourth-order valence-corrected chi connectivity index (χ4v) is 0.943. The summed E-state index contributed by atoms with van der Waals surface area (Å²) in [7, 11) is 0. The van der Waals surface area contributed by atoms with Crippen LogP contribution in [0.15, 0.2) is 36.1 Å². The molecule has 0 saturated carbocycles. The van der Waals surface area contributed by atoms with Crippen molar-refractivity contribution < 1.29 is 14.4 Å². The first-order chi connectivity index (χ1) is 6.54. The molecule has 1 aliphatic rings. The monoisotopic (exact) mass is 191 g/mol. The van der Waals surface area contributed by atoms with Crippen LogP contribution in [-0.4, -0.2) is 17.5 Å². The summed E-state index contributed by atoms with van der Waals surface area (Å²) in [6, 6.07) is 0. The van der Waals surface area contributed by atoms with E-state index in [1.165, 1.54) is 6.08 Å². The van der Waals surface area contributed by atoms with Crippen molar-refractivity contribution in [3.05, 3.63) is 36.1 Å². The van der Waals surface area contributed by atoms with Gasteiger partial charge in [0.1, 0.15) is 0 Å². The van der Waals surface area contributed by atoms with Crippen molar-refractivity contribution in [2.45, 2.75) is 6.92 Å². The Morgan fingerprint density at radius 3 is 2.57 bits per heavy atom. The molecule has 0 atom stereocenters. The fraction of sp³-hybridized carbons (Fsp3) is 0.100. The van der Waals surface area contributed by atoms with Gasteiger partial charge in [-0.2, -0.15) is 0 Å². The van der Waals surface area contributed by atoms with Gasteiger partial charge in [0.25, 0.3) is 0 Å². The van der Waals surface area contributed by atoms with Crippen molar-refractivity contribution in [1.82, 2.24) is 5.32 Å². The number of carbonyl (C=O) groups is 3. The van der Waals surface area contributed by atoms with Crippen LogP contribution in [0.2, 0.25) is 0 Å². The third-order valence-corrected chi connectivity index (χ3v) is 1.72. The molecule has 4 heteroatoms. The quantitative estimate of drug-likeness (QED) is 0.503. The van der Waals surface area contributed by atoms with Crippen molar-refractivity contribution in [2.24, 2.45) is 0 Å². The summed E-state index contributed by atoms with van der Waals surface area (Å²) < 4.78 is 0. The molecule has 0 heterocycles. The van der Waals surface area contributed by atoms with E-state index in [2.05, 4.69) is 11.9 Å². The van der Waals surface area contributed by atoms with Crippen molar-refractivity contribution in [3.63, 3.8) is 0 Å². The first kappa shape index (κ1) is 10.1. The van der Waals surface area contributed by atoms with E-state index in [1.807, 2.05) is 0 Å². The highest BCUT2D eigenvalue weighted by molar-refractivity contribution is 6.20. The Hall–Kier alpha value is -1.97. The number of nitrogens with one attached hydrogen (secondary N) is 1. The average molecular weight is 191 g/mol. The molecular formula is C10H9NO3. The second-order valence-corrected chi connectivity index (χ2v) is 2.81. The van der Waals surface area contributed by atoms with Gasteiger partial charge in [-0.1, -0.05) is 6.58 Å². The van der Waals surface area contributed by atoms with Gasteiger partial charge >= 0.3 is 0 Å². The minimum absolute atomic E-state index is 0.00880. The SMILES string of the molecule is C=CC(=O)NC1=CC(=O)C(C)=CC1=O. The molecule has 0 fully saturated rings. The zero-order valence-corrected chi connectivity index (χ0v) is 7.66. The summed E-state index contributed by atoms with van der Waals surface area (Å²) >= 11 is 0. The second kappa shape index (κ2) is 3.83. The molecule has 0 aromatic heterocycles. The highest BCUT2D eigenvalue weighted by atomic mass is 16.2. The maximum absolute atomic E-state index is 11.3. The predicted molar refractivity (Wildman–Crippen MR) is 50.2 cm³/mol. The summed E-state index contributed by atoms with van der Waals surface area (Å²) in [4.78, 5) is 33.3. The summed E-state index contributed by atoms with van der Waals surface area (Å²) in [5.74, 6) is -1.16. The molecule has 1 rings (SSSR count). The molecule has 0 radical (unpaired) electrons. The van der Waals surface area contributed by atoms with E-state index in [1.54, 1.807) is 6.92 Å². The maximum Gasteiger partial charge on any atom is 0.247 e. The van der Waals surface area contributed by atoms with Crippen molar-refractivity contribution in [1.29, 1.82) is 0 Å². The van der Waals surface area contributed by atoms with Gasteiger partial charge in [0.2, 0.25) is 11.7 Å². The molecule has 1 aliphatic carbocycles. The number of carbonyl (C=O) groups excluding carboxylic acids is 3. The van der Waals surface area contributed by atoms with E-state index in [4.69, 9.17) is 0 Å². The molecule has 4 nitrogen and oxygen atoms in total. The van der Waals surface area contributed by atoms with Gasteiger partial charge in [-0.05, 0) is 19.1 Å². The van der Waals surface area contributed by atoms with Crippen LogP contribution >= 0.6 is 0 Å². The van der Waals surface area contributed by atoms with Crippen LogP contribution in [0, 0.1) is 0 Å². The zero-order chi connectivity index (χ0) is 10.7. The second-order valence-electron chi connectivity index (χ2n) is 2.81. The van der Waals surface area contributed by atoms with Gasteiger partial charge in [-0.25, -0.2) is 0 Å². The van der Waals surface area contributed by atoms with E-state index in [0.717, 1.165) is 12.2 Å². The molecule has 72 valence electrons. The lowest BCUT2D eigenvalue weighted by Crippen LogP contribution is -2.28. The fourth-order valence-electron chi connectivity index (χ4n) is 0.943. The van der Waals surface area contributed by atoms with Crippen LogP contribution in [0.25, 0.3) is 0 Å². The van der Waals surface area contributed by atoms with Crippen molar-refractivity contribution >= 4 is 17.5 Å². The largest absolute Gasteiger partial charge is 0.319 e. The van der Waals surface area contributed by atoms with Crippen molar-refractivity contribution in [2.75, 3.05) is 0 Å². The summed E-state index contributed by atoms with van der Waals surface area (Å²) in [6.45, 7) is 4.78. The molecule has 0 spiro atoms. The Morgan fingerprint density at radius 1 is 1.36 bits per heavy atom. The van der Waals surface area contributed by atoms with Crippen LogP contribution in [0.1, 0.15) is 6.92 Å². The Bertz CT molecular complexity index is 388. The zero-order valence-electron chi connectivity index (χ0n) is 7.66. The smallest absolute Gasteiger partial charge is 0.247 e. The molecule has 0 unspecified atom stereocenters. The number of amides is 1. The number of hydrogen-bond acceptors (Lipinski definition) is 3. The van der Waals surface area contributed by atoms with E-state index < -0.39 is 5.91 Å². The van der Waals surface area contributed by atoms with Gasteiger partial charge in [-0.15, -0.1) is 0 Å². The first-order valence-corrected chi connectivity index (χ1v) is 3.96. The van der Waals surface area contributed by atoms with Crippen LogP contribution in [0.4, 0.5) is 0 Å². The molecular weight excluding hydrogens is 182 g/mol. The van der Waals surface area contributed by atoms with Gasteiger partial charge in [0.15, 0.2) is 5.78 Å². The van der Waals surface area contributed by atoms with Gasteiger partial charge in [0, 0.05) is 11.6 Å². The van der Waals surface area contributed by atoms with Crippen molar-refractivity contribution in [3.8, 4) is 0 Å². The third kappa shape index (κ3) is 2.04. The minimum atomic E-state index is -0.509. The highest BCUT2D eigenvalue weighted by Crippen LogP contribution is 2.08. The third-order valence-electron chi connectivity index (χ3n) is 1.72. The number of ketones is 2. The Labute approximate surface area is 81.0 Å². The molecule has 0 aromatic rings. The molecule has 0 saturated heterocycles. The lowest BCUT2D eigenvalue weighted by atomic mass is 10.0. The van der Waals surface area contributed by atoms with Crippen LogP contribution in [0.5, 0.6) is 0 Å². The van der Waals surface area contributed by atoms with Crippen LogP contribution in [0.3, 0.4) is 0 Å². The average Bonchev–Trinajstić information content (AvgIpc) is 2.14. The summed E-state index contributed by atoms with van der Waals surface area (Å²) in [5, 5.41) is 2.26. The highest BCUT2D eigenvalue weighted by Gasteiger charge is 2.17. The molecule has 14 heavy (non-hydrogen) atoms. The Kier molecular flexibility index (Phi) is 2.76. The Morgan fingerprint density at radius 2 is 2.00 bits per heavy atom. The van der Waals surface area contributed by atoms with E-state index in [9.17, 15) is 14.4 Å². The topological polar surface area (TPSA) is 63.2 Å². The first-order valence-electron chi connectivity index (χ1n) is 3.96. The number of allylic oxidation sites excluding steroid dienone is 3. The predicted octanol–water partition coefficient (Wildman–Crippen LogP) is 0.271. The standard InChI is InChI=1S/C10H9NO3/c1-3-10(14)11-7-5-8(12)6(2)4-9(7)13/h3-5H,1H2,2H3,(H,11,14). The van der Waals surface area contributed by atoms with E-state index >= 15 is 0 Å². The lowest BCUT2D eigenvalue weighted by Gasteiger charge is -2.09. The lowest BCUT2D eigenvalue weighted by molar-refractivity contribution is -0.119. The molecule has 1 amide bonds. The molecule has 0 bridgehead atoms. The molecule has 0 aromatic carbocycles. The van der Waals surface area contributed by atoms with Gasteiger partial charge in [-0.3, -0.25) is 14.4 Å². The number of hydrogen-bond donors (Lipinski definition) is 1. The number of rotatable bonds is 2. The van der Waals surface area contributed by atoms with Gasteiger partial charge in [0.05, 0.1) is 5.70 Å². The van der Waals surface area contributed by atoms with Gasteiger partial charge < -0.3 is 5.32 Å². The summed E-state index contributed by atoms with van der Waals surface area (Å²) in [6.07, 6.45) is 3.34. The molecule has 0 aliphatic heterocycles. The molecule has 1 N–H and O–H groups in total. The van der Waals surface area contributed by atoms with Crippen LogP contribution in [-0.2, 0) is 14.4 Å². The van der Waals surface area contributed by atoms with E-state index in [0.29, 0.717) is 5.57 Å². The minimum Gasteiger partial charge on any atom is -0.319 e.